The summed E-state index contributed by atoms with van der Waals surface area (Å²) in [6.07, 6.45) is 11.4. The second kappa shape index (κ2) is 7.27. The van der Waals surface area contributed by atoms with Gasteiger partial charge in [-0.15, -0.1) is 0 Å². The predicted molar refractivity (Wildman–Crippen MR) is 68.1 cm³/mol. The Kier molecular flexibility index (Phi) is 6.31. The average Bonchev–Trinajstić information content (AvgIpc) is 2.71. The van der Waals surface area contributed by atoms with Crippen LogP contribution < -0.4 is 5.32 Å². The van der Waals surface area contributed by atoms with E-state index in [-0.39, 0.29) is 0 Å². The van der Waals surface area contributed by atoms with Gasteiger partial charge in [0.2, 0.25) is 0 Å². The Morgan fingerprint density at radius 1 is 1.27 bits per heavy atom. The van der Waals surface area contributed by atoms with Crippen LogP contribution in [0.5, 0.6) is 0 Å². The molecule has 1 aliphatic carbocycles. The molecule has 3 atom stereocenters. The molecule has 90 valence electrons. The fourth-order valence-corrected chi connectivity index (χ4v) is 3.00. The number of hydrogen-bond donors (Lipinski definition) is 1. The summed E-state index contributed by atoms with van der Waals surface area (Å²) in [6.45, 7) is 4.67. The maximum absolute atomic E-state index is 3.43. The molecule has 1 nitrogen and oxygen atoms in total. The van der Waals surface area contributed by atoms with Crippen LogP contribution in [0.1, 0.15) is 65.2 Å². The van der Waals surface area contributed by atoms with Crippen LogP contribution in [-0.4, -0.2) is 13.1 Å². The molecule has 0 saturated heterocycles. The lowest BCUT2D eigenvalue weighted by molar-refractivity contribution is 0.336. The van der Waals surface area contributed by atoms with Crippen molar-refractivity contribution in [2.75, 3.05) is 7.05 Å². The van der Waals surface area contributed by atoms with E-state index in [9.17, 15) is 0 Å². The largest absolute Gasteiger partial charge is 0.317 e. The van der Waals surface area contributed by atoms with Crippen LogP contribution in [0, 0.1) is 11.8 Å². The maximum atomic E-state index is 3.43. The standard InChI is InChI=1S/C14H29N/c1-4-6-7-12(5-2)10-13-8-9-14(11-13)15-3/h12-15H,4-11H2,1-3H3. The van der Waals surface area contributed by atoms with Gasteiger partial charge >= 0.3 is 0 Å². The Hall–Kier alpha value is -0.0400. The maximum Gasteiger partial charge on any atom is 0.00668 e. The molecule has 0 bridgehead atoms. The monoisotopic (exact) mass is 211 g/mol. The van der Waals surface area contributed by atoms with Crippen LogP contribution in [-0.2, 0) is 0 Å². The fraction of sp³-hybridized carbons (Fsp3) is 1.00. The Balaban J connectivity index is 2.20. The van der Waals surface area contributed by atoms with Gasteiger partial charge in [0.05, 0.1) is 0 Å². The van der Waals surface area contributed by atoms with Crippen molar-refractivity contribution in [2.24, 2.45) is 11.8 Å². The molecule has 1 aliphatic rings. The minimum atomic E-state index is 0.818. The SMILES string of the molecule is CCCCC(CC)CC1CCC(NC)C1. The Morgan fingerprint density at radius 3 is 2.60 bits per heavy atom. The Labute approximate surface area is 96.0 Å². The second-order valence-electron chi connectivity index (χ2n) is 5.32. The van der Waals surface area contributed by atoms with E-state index in [1.807, 2.05) is 0 Å². The topological polar surface area (TPSA) is 12.0 Å². The van der Waals surface area contributed by atoms with Crippen molar-refractivity contribution in [1.29, 1.82) is 0 Å². The third-order valence-electron chi connectivity index (χ3n) is 4.16. The molecule has 0 amide bonds. The zero-order chi connectivity index (χ0) is 11.1. The van der Waals surface area contributed by atoms with Gasteiger partial charge in [0, 0.05) is 6.04 Å². The molecule has 0 radical (unpaired) electrons. The van der Waals surface area contributed by atoms with Gasteiger partial charge in [-0.1, -0.05) is 39.5 Å². The first-order valence-electron chi connectivity index (χ1n) is 6.97. The first kappa shape index (κ1) is 13.0. The summed E-state index contributed by atoms with van der Waals surface area (Å²) in [5, 5.41) is 3.43. The number of nitrogens with one attached hydrogen (secondary N) is 1. The van der Waals surface area contributed by atoms with E-state index >= 15 is 0 Å². The lowest BCUT2D eigenvalue weighted by atomic mass is 9.88. The Bertz CT molecular complexity index is 155. The predicted octanol–water partition coefficient (Wildman–Crippen LogP) is 3.98. The number of unbranched alkanes of at least 4 members (excludes halogenated alkanes) is 1. The average molecular weight is 211 g/mol. The first-order chi connectivity index (χ1) is 7.30. The number of rotatable bonds is 7. The molecule has 15 heavy (non-hydrogen) atoms. The molecular weight excluding hydrogens is 182 g/mol. The zero-order valence-electron chi connectivity index (χ0n) is 10.9. The quantitative estimate of drug-likeness (QED) is 0.671. The molecular formula is C14H29N. The summed E-state index contributed by atoms with van der Waals surface area (Å²) in [6, 6.07) is 0.818. The zero-order valence-corrected chi connectivity index (χ0v) is 10.9. The molecule has 0 aromatic heterocycles. The van der Waals surface area contributed by atoms with E-state index in [1.54, 1.807) is 0 Å². The summed E-state index contributed by atoms with van der Waals surface area (Å²) in [4.78, 5) is 0. The molecule has 0 heterocycles. The van der Waals surface area contributed by atoms with E-state index in [0.717, 1.165) is 17.9 Å². The van der Waals surface area contributed by atoms with E-state index in [0.29, 0.717) is 0 Å². The molecule has 0 aliphatic heterocycles. The van der Waals surface area contributed by atoms with Gasteiger partial charge < -0.3 is 5.32 Å². The highest BCUT2D eigenvalue weighted by Crippen LogP contribution is 2.33. The molecule has 1 rings (SSSR count). The number of hydrogen-bond acceptors (Lipinski definition) is 1. The van der Waals surface area contributed by atoms with Crippen molar-refractivity contribution in [1.82, 2.24) is 5.32 Å². The van der Waals surface area contributed by atoms with Gasteiger partial charge in [-0.25, -0.2) is 0 Å². The third-order valence-corrected chi connectivity index (χ3v) is 4.16. The van der Waals surface area contributed by atoms with Gasteiger partial charge in [0.15, 0.2) is 0 Å². The normalized spacial score (nSPS) is 28.2. The first-order valence-corrected chi connectivity index (χ1v) is 6.97. The highest BCUT2D eigenvalue weighted by atomic mass is 14.9. The summed E-state index contributed by atoms with van der Waals surface area (Å²) in [7, 11) is 2.11. The summed E-state index contributed by atoms with van der Waals surface area (Å²) in [5.74, 6) is 2.02. The summed E-state index contributed by atoms with van der Waals surface area (Å²) < 4.78 is 0. The van der Waals surface area contributed by atoms with Crippen molar-refractivity contribution in [3.05, 3.63) is 0 Å². The van der Waals surface area contributed by atoms with E-state index < -0.39 is 0 Å². The molecule has 1 fully saturated rings. The van der Waals surface area contributed by atoms with Crippen LogP contribution in [0.25, 0.3) is 0 Å². The van der Waals surface area contributed by atoms with Crippen LogP contribution in [0.2, 0.25) is 0 Å². The van der Waals surface area contributed by atoms with Crippen LogP contribution in [0.3, 0.4) is 0 Å². The van der Waals surface area contributed by atoms with Gasteiger partial charge in [-0.2, -0.15) is 0 Å². The van der Waals surface area contributed by atoms with Crippen LogP contribution >= 0.6 is 0 Å². The summed E-state index contributed by atoms with van der Waals surface area (Å²) in [5.41, 5.74) is 0. The lowest BCUT2D eigenvalue weighted by Crippen LogP contribution is -2.21. The smallest absolute Gasteiger partial charge is 0.00668 e. The van der Waals surface area contributed by atoms with Crippen molar-refractivity contribution < 1.29 is 0 Å². The molecule has 1 N–H and O–H groups in total. The van der Waals surface area contributed by atoms with E-state index in [4.69, 9.17) is 0 Å². The fourth-order valence-electron chi connectivity index (χ4n) is 3.00. The minimum Gasteiger partial charge on any atom is -0.317 e. The van der Waals surface area contributed by atoms with Crippen LogP contribution in [0.15, 0.2) is 0 Å². The van der Waals surface area contributed by atoms with Crippen molar-refractivity contribution in [3.63, 3.8) is 0 Å². The Morgan fingerprint density at radius 2 is 2.07 bits per heavy atom. The summed E-state index contributed by atoms with van der Waals surface area (Å²) >= 11 is 0. The van der Waals surface area contributed by atoms with E-state index in [1.165, 1.54) is 51.4 Å². The van der Waals surface area contributed by atoms with Crippen molar-refractivity contribution in [2.45, 2.75) is 71.3 Å². The van der Waals surface area contributed by atoms with Crippen molar-refractivity contribution >= 4 is 0 Å². The second-order valence-corrected chi connectivity index (χ2v) is 5.32. The molecule has 1 saturated carbocycles. The van der Waals surface area contributed by atoms with Gasteiger partial charge in [-0.3, -0.25) is 0 Å². The molecule has 0 spiro atoms. The van der Waals surface area contributed by atoms with Gasteiger partial charge in [-0.05, 0) is 44.6 Å². The highest BCUT2D eigenvalue weighted by molar-refractivity contribution is 4.80. The minimum absolute atomic E-state index is 0.818. The van der Waals surface area contributed by atoms with Gasteiger partial charge in [0.1, 0.15) is 0 Å². The van der Waals surface area contributed by atoms with Crippen LogP contribution in [0.4, 0.5) is 0 Å². The highest BCUT2D eigenvalue weighted by Gasteiger charge is 2.25. The van der Waals surface area contributed by atoms with Crippen molar-refractivity contribution in [3.8, 4) is 0 Å². The lowest BCUT2D eigenvalue weighted by Gasteiger charge is -2.19. The molecule has 0 aromatic carbocycles. The molecule has 0 aromatic rings. The molecule has 3 unspecified atom stereocenters. The molecule has 1 heteroatoms. The van der Waals surface area contributed by atoms with E-state index in [2.05, 4.69) is 26.2 Å². The third kappa shape index (κ3) is 4.55. The van der Waals surface area contributed by atoms with Gasteiger partial charge in [0.25, 0.3) is 0 Å².